The first-order valence-electron chi connectivity index (χ1n) is 9.57. The van der Waals surface area contributed by atoms with E-state index in [0.717, 1.165) is 38.8 Å². The predicted molar refractivity (Wildman–Crippen MR) is 97.9 cm³/mol. The van der Waals surface area contributed by atoms with Crippen LogP contribution in [0.5, 0.6) is 5.75 Å². The Labute approximate surface area is 155 Å². The van der Waals surface area contributed by atoms with Gasteiger partial charge in [-0.25, -0.2) is 0 Å². The van der Waals surface area contributed by atoms with E-state index in [4.69, 9.17) is 9.47 Å². The van der Waals surface area contributed by atoms with Crippen LogP contribution in [0, 0.1) is 0 Å². The molecule has 0 unspecified atom stereocenters. The molecule has 1 aromatic rings. The van der Waals surface area contributed by atoms with E-state index in [9.17, 15) is 9.59 Å². The summed E-state index contributed by atoms with van der Waals surface area (Å²) in [5, 5.41) is 0. The quantitative estimate of drug-likeness (QED) is 0.712. The average Bonchev–Trinajstić information content (AvgIpc) is 3.10. The number of amides is 2. The maximum atomic E-state index is 12.8. The largest absolute Gasteiger partial charge is 0.484 e. The zero-order valence-corrected chi connectivity index (χ0v) is 15.3. The fourth-order valence-electron chi connectivity index (χ4n) is 3.62. The first-order valence-corrected chi connectivity index (χ1v) is 9.57. The van der Waals surface area contributed by atoms with E-state index in [1.54, 1.807) is 0 Å². The number of para-hydroxylation sites is 1. The van der Waals surface area contributed by atoms with Crippen LogP contribution in [0.3, 0.4) is 0 Å². The summed E-state index contributed by atoms with van der Waals surface area (Å²) in [6, 6.07) is 9.61. The Kier molecular flexibility index (Phi) is 6.89. The summed E-state index contributed by atoms with van der Waals surface area (Å²) in [5.74, 6) is 0.949. The Morgan fingerprint density at radius 1 is 1.23 bits per heavy atom. The smallest absolute Gasteiger partial charge is 0.260 e. The van der Waals surface area contributed by atoms with E-state index in [-0.39, 0.29) is 24.5 Å². The van der Waals surface area contributed by atoms with Gasteiger partial charge < -0.3 is 19.3 Å². The molecule has 142 valence electrons. The topological polar surface area (TPSA) is 59.1 Å². The molecule has 0 N–H and O–H groups in total. The van der Waals surface area contributed by atoms with Crippen LogP contribution < -0.4 is 4.74 Å². The molecular weight excluding hydrogens is 332 g/mol. The van der Waals surface area contributed by atoms with Gasteiger partial charge in [-0.3, -0.25) is 9.59 Å². The number of carbonyl (C=O) groups is 2. The lowest BCUT2D eigenvalue weighted by molar-refractivity contribution is -0.137. The number of nitrogens with zero attached hydrogens (tertiary/aromatic N) is 2. The van der Waals surface area contributed by atoms with Crippen molar-refractivity contribution in [3.05, 3.63) is 30.3 Å². The van der Waals surface area contributed by atoms with E-state index < -0.39 is 0 Å². The van der Waals surface area contributed by atoms with Crippen molar-refractivity contribution in [1.82, 2.24) is 9.80 Å². The average molecular weight is 360 g/mol. The van der Waals surface area contributed by atoms with Gasteiger partial charge in [0.2, 0.25) is 5.91 Å². The first-order chi connectivity index (χ1) is 12.7. The van der Waals surface area contributed by atoms with Gasteiger partial charge in [-0.1, -0.05) is 18.2 Å². The fraction of sp³-hybridized carbons (Fsp3) is 0.600. The molecule has 2 aliphatic heterocycles. The SMILES string of the molecule is O=C1CCCN1CCCN(C(=O)COc1ccccc1)C1CCOCC1. The van der Waals surface area contributed by atoms with Crippen LogP contribution in [0.2, 0.25) is 0 Å². The molecule has 2 amide bonds. The van der Waals surface area contributed by atoms with Crippen molar-refractivity contribution >= 4 is 11.8 Å². The van der Waals surface area contributed by atoms with Crippen molar-refractivity contribution in [2.24, 2.45) is 0 Å². The van der Waals surface area contributed by atoms with Gasteiger partial charge in [0.25, 0.3) is 5.91 Å². The van der Waals surface area contributed by atoms with Crippen LogP contribution in [0.1, 0.15) is 32.1 Å². The molecule has 2 aliphatic rings. The number of rotatable bonds is 8. The van der Waals surface area contributed by atoms with Crippen LogP contribution in [-0.4, -0.2) is 67.1 Å². The van der Waals surface area contributed by atoms with E-state index in [1.165, 1.54) is 0 Å². The third kappa shape index (κ3) is 5.21. The normalized spacial score (nSPS) is 18.2. The minimum atomic E-state index is 0.00787. The second kappa shape index (κ2) is 9.57. The molecule has 0 aliphatic carbocycles. The number of hydrogen-bond acceptors (Lipinski definition) is 4. The summed E-state index contributed by atoms with van der Waals surface area (Å²) in [6.07, 6.45) is 4.14. The van der Waals surface area contributed by atoms with Gasteiger partial charge in [0.15, 0.2) is 6.61 Å². The van der Waals surface area contributed by atoms with Gasteiger partial charge in [-0.2, -0.15) is 0 Å². The zero-order chi connectivity index (χ0) is 18.2. The Morgan fingerprint density at radius 3 is 2.69 bits per heavy atom. The maximum Gasteiger partial charge on any atom is 0.260 e. The number of ether oxygens (including phenoxy) is 2. The van der Waals surface area contributed by atoms with E-state index >= 15 is 0 Å². The Hall–Kier alpha value is -2.08. The van der Waals surface area contributed by atoms with Gasteiger partial charge in [0.05, 0.1) is 0 Å². The van der Waals surface area contributed by atoms with Crippen molar-refractivity contribution in [2.75, 3.05) is 39.5 Å². The van der Waals surface area contributed by atoms with Crippen LogP contribution in [0.4, 0.5) is 0 Å². The van der Waals surface area contributed by atoms with Crippen molar-refractivity contribution in [2.45, 2.75) is 38.1 Å². The molecule has 26 heavy (non-hydrogen) atoms. The highest BCUT2D eigenvalue weighted by molar-refractivity contribution is 5.78. The lowest BCUT2D eigenvalue weighted by Gasteiger charge is -2.34. The van der Waals surface area contributed by atoms with E-state index in [2.05, 4.69) is 0 Å². The van der Waals surface area contributed by atoms with Crippen LogP contribution in [-0.2, 0) is 14.3 Å². The molecule has 0 bridgehead atoms. The minimum Gasteiger partial charge on any atom is -0.484 e. The Bertz CT molecular complexity index is 587. The monoisotopic (exact) mass is 360 g/mol. The summed E-state index contributed by atoms with van der Waals surface area (Å²) >= 11 is 0. The van der Waals surface area contributed by atoms with Gasteiger partial charge in [-0.15, -0.1) is 0 Å². The first kappa shape index (κ1) is 18.7. The third-order valence-corrected chi connectivity index (χ3v) is 5.06. The molecule has 0 spiro atoms. The molecule has 0 aromatic heterocycles. The molecule has 2 heterocycles. The molecule has 0 saturated carbocycles. The van der Waals surface area contributed by atoms with Gasteiger partial charge >= 0.3 is 0 Å². The second-order valence-electron chi connectivity index (χ2n) is 6.87. The van der Waals surface area contributed by atoms with Crippen molar-refractivity contribution in [1.29, 1.82) is 0 Å². The lowest BCUT2D eigenvalue weighted by atomic mass is 10.1. The molecule has 2 fully saturated rings. The van der Waals surface area contributed by atoms with Crippen LogP contribution >= 0.6 is 0 Å². The molecular formula is C20H28N2O4. The number of carbonyl (C=O) groups excluding carboxylic acids is 2. The molecule has 3 rings (SSSR count). The highest BCUT2D eigenvalue weighted by atomic mass is 16.5. The molecule has 2 saturated heterocycles. The van der Waals surface area contributed by atoms with Crippen molar-refractivity contribution in [3.63, 3.8) is 0 Å². The van der Waals surface area contributed by atoms with E-state index in [0.29, 0.717) is 31.9 Å². The molecule has 0 atom stereocenters. The van der Waals surface area contributed by atoms with Crippen LogP contribution in [0.25, 0.3) is 0 Å². The minimum absolute atomic E-state index is 0.00787. The number of benzene rings is 1. The maximum absolute atomic E-state index is 12.8. The molecule has 6 heteroatoms. The lowest BCUT2D eigenvalue weighted by Crippen LogP contribution is -2.46. The second-order valence-corrected chi connectivity index (χ2v) is 6.87. The van der Waals surface area contributed by atoms with Crippen LogP contribution in [0.15, 0.2) is 30.3 Å². The Morgan fingerprint density at radius 2 is 2.00 bits per heavy atom. The van der Waals surface area contributed by atoms with Crippen molar-refractivity contribution in [3.8, 4) is 5.75 Å². The van der Waals surface area contributed by atoms with Gasteiger partial charge in [0, 0.05) is 45.3 Å². The Balaban J connectivity index is 1.53. The van der Waals surface area contributed by atoms with Gasteiger partial charge in [-0.05, 0) is 37.8 Å². The van der Waals surface area contributed by atoms with Crippen molar-refractivity contribution < 1.29 is 19.1 Å². The third-order valence-electron chi connectivity index (χ3n) is 5.06. The summed E-state index contributed by atoms with van der Waals surface area (Å²) < 4.78 is 11.1. The molecule has 6 nitrogen and oxygen atoms in total. The summed E-state index contributed by atoms with van der Waals surface area (Å²) in [7, 11) is 0. The molecule has 0 radical (unpaired) electrons. The number of hydrogen-bond donors (Lipinski definition) is 0. The van der Waals surface area contributed by atoms with E-state index in [1.807, 2.05) is 40.1 Å². The summed E-state index contributed by atoms with van der Waals surface area (Å²) in [4.78, 5) is 28.4. The van der Waals surface area contributed by atoms with Gasteiger partial charge in [0.1, 0.15) is 5.75 Å². The summed E-state index contributed by atoms with van der Waals surface area (Å²) in [5.41, 5.74) is 0. The highest BCUT2D eigenvalue weighted by Gasteiger charge is 2.26. The highest BCUT2D eigenvalue weighted by Crippen LogP contribution is 2.17. The predicted octanol–water partition coefficient (Wildman–Crippen LogP) is 2.09. The zero-order valence-electron chi connectivity index (χ0n) is 15.3. The number of likely N-dealkylation sites (tertiary alicyclic amines) is 1. The fourth-order valence-corrected chi connectivity index (χ4v) is 3.62. The summed E-state index contributed by atoms with van der Waals surface area (Å²) in [6.45, 7) is 3.67. The molecule has 1 aromatic carbocycles. The standard InChI is InChI=1S/C20H28N2O4/c23-19-8-4-11-21(19)12-5-13-22(17-9-14-25-15-10-17)20(24)16-26-18-6-2-1-3-7-18/h1-3,6-7,17H,4-5,8-16H2.